The fourth-order valence-corrected chi connectivity index (χ4v) is 4.93. The summed E-state index contributed by atoms with van der Waals surface area (Å²) in [7, 11) is 0. The van der Waals surface area contributed by atoms with Gasteiger partial charge in [0.15, 0.2) is 0 Å². The van der Waals surface area contributed by atoms with Crippen molar-refractivity contribution >= 4 is 23.5 Å². The van der Waals surface area contributed by atoms with E-state index in [1.54, 1.807) is 9.81 Å². The lowest BCUT2D eigenvalue weighted by Gasteiger charge is -2.07. The molecule has 0 atom stereocenters. The van der Waals surface area contributed by atoms with Gasteiger partial charge in [-0.15, -0.1) is 0 Å². The number of hydrogen-bond acceptors (Lipinski definition) is 2. The van der Waals surface area contributed by atoms with E-state index in [1.165, 1.54) is 22.6 Å². The standard InChI is InChI=1S/C18H18S2/c1-14-12-17(19-15-8-4-2-5-9-15)18(13-14)20-16-10-6-3-7-11-16/h2-11,14H,12-13H2,1H3. The Balaban J connectivity index is 1.79. The van der Waals surface area contributed by atoms with Gasteiger partial charge >= 0.3 is 0 Å². The van der Waals surface area contributed by atoms with E-state index >= 15 is 0 Å². The average Bonchev–Trinajstić information content (AvgIpc) is 2.81. The zero-order valence-electron chi connectivity index (χ0n) is 11.6. The molecule has 0 aromatic heterocycles. The van der Waals surface area contributed by atoms with Crippen LogP contribution < -0.4 is 0 Å². The summed E-state index contributed by atoms with van der Waals surface area (Å²) in [5, 5.41) is 0. The van der Waals surface area contributed by atoms with Crippen LogP contribution in [0.2, 0.25) is 0 Å². The molecule has 102 valence electrons. The maximum Gasteiger partial charge on any atom is 0.0119 e. The summed E-state index contributed by atoms with van der Waals surface area (Å²) in [6.45, 7) is 2.35. The molecule has 0 unspecified atom stereocenters. The van der Waals surface area contributed by atoms with Crippen LogP contribution in [0.15, 0.2) is 80.3 Å². The Bertz CT molecular complexity index is 534. The number of hydrogen-bond donors (Lipinski definition) is 0. The summed E-state index contributed by atoms with van der Waals surface area (Å²) in [6, 6.07) is 21.4. The largest absolute Gasteiger partial charge is 0.0937 e. The second-order valence-electron chi connectivity index (χ2n) is 5.19. The maximum absolute atomic E-state index is 2.35. The van der Waals surface area contributed by atoms with Crippen LogP contribution in [0.5, 0.6) is 0 Å². The van der Waals surface area contributed by atoms with E-state index in [-0.39, 0.29) is 0 Å². The molecular weight excluding hydrogens is 280 g/mol. The Labute approximate surface area is 129 Å². The van der Waals surface area contributed by atoms with Crippen molar-refractivity contribution in [2.45, 2.75) is 29.6 Å². The van der Waals surface area contributed by atoms with Gasteiger partial charge in [0.05, 0.1) is 0 Å². The Morgan fingerprint density at radius 1 is 0.700 bits per heavy atom. The smallest absolute Gasteiger partial charge is 0.0119 e. The fraction of sp³-hybridized carbons (Fsp3) is 0.222. The lowest BCUT2D eigenvalue weighted by atomic mass is 10.1. The van der Waals surface area contributed by atoms with E-state index in [0.717, 1.165) is 5.92 Å². The fourth-order valence-electron chi connectivity index (χ4n) is 2.39. The molecule has 0 aliphatic heterocycles. The normalized spacial score (nSPS) is 15.8. The SMILES string of the molecule is CC1CC(Sc2ccccc2)=C(Sc2ccccc2)C1. The number of thioether (sulfide) groups is 2. The summed E-state index contributed by atoms with van der Waals surface area (Å²) in [5.74, 6) is 0.771. The van der Waals surface area contributed by atoms with Gasteiger partial charge in [0.25, 0.3) is 0 Å². The van der Waals surface area contributed by atoms with Gasteiger partial charge in [-0.1, -0.05) is 66.8 Å². The highest BCUT2D eigenvalue weighted by Gasteiger charge is 2.22. The first-order valence-electron chi connectivity index (χ1n) is 6.99. The second-order valence-corrected chi connectivity index (χ2v) is 7.53. The minimum Gasteiger partial charge on any atom is -0.0937 e. The molecule has 0 fully saturated rings. The summed E-state index contributed by atoms with van der Waals surface area (Å²) in [4.78, 5) is 5.81. The van der Waals surface area contributed by atoms with Crippen LogP contribution in [-0.4, -0.2) is 0 Å². The number of rotatable bonds is 4. The molecule has 0 saturated carbocycles. The third-order valence-electron chi connectivity index (χ3n) is 3.35. The van der Waals surface area contributed by atoms with E-state index in [4.69, 9.17) is 0 Å². The van der Waals surface area contributed by atoms with Gasteiger partial charge in [-0.2, -0.15) is 0 Å². The molecule has 1 aliphatic rings. The topological polar surface area (TPSA) is 0 Å². The molecule has 3 rings (SSSR count). The number of benzene rings is 2. The molecule has 20 heavy (non-hydrogen) atoms. The summed E-state index contributed by atoms with van der Waals surface area (Å²) in [5.41, 5.74) is 0. The van der Waals surface area contributed by atoms with Gasteiger partial charge < -0.3 is 0 Å². The first-order valence-corrected chi connectivity index (χ1v) is 8.62. The van der Waals surface area contributed by atoms with Crippen molar-refractivity contribution in [2.24, 2.45) is 5.92 Å². The minimum atomic E-state index is 0.771. The third kappa shape index (κ3) is 3.50. The van der Waals surface area contributed by atoms with Gasteiger partial charge in [-0.25, -0.2) is 0 Å². The van der Waals surface area contributed by atoms with Crippen LogP contribution in [0.3, 0.4) is 0 Å². The first-order chi connectivity index (χ1) is 9.81. The van der Waals surface area contributed by atoms with Crippen molar-refractivity contribution in [2.75, 3.05) is 0 Å². The molecule has 0 amide bonds. The molecule has 0 spiro atoms. The van der Waals surface area contributed by atoms with Gasteiger partial charge in [0.2, 0.25) is 0 Å². The average molecular weight is 298 g/mol. The van der Waals surface area contributed by atoms with Crippen LogP contribution in [0.1, 0.15) is 19.8 Å². The van der Waals surface area contributed by atoms with E-state index in [0.29, 0.717) is 0 Å². The van der Waals surface area contributed by atoms with Crippen molar-refractivity contribution in [3.63, 3.8) is 0 Å². The molecule has 2 aromatic carbocycles. The van der Waals surface area contributed by atoms with Crippen LogP contribution in [0.25, 0.3) is 0 Å². The second kappa shape index (κ2) is 6.55. The monoisotopic (exact) mass is 298 g/mol. The van der Waals surface area contributed by atoms with Gasteiger partial charge in [-0.3, -0.25) is 0 Å². The van der Waals surface area contributed by atoms with Crippen molar-refractivity contribution in [1.82, 2.24) is 0 Å². The number of allylic oxidation sites excluding steroid dienone is 2. The van der Waals surface area contributed by atoms with Crippen LogP contribution >= 0.6 is 23.5 Å². The van der Waals surface area contributed by atoms with Crippen molar-refractivity contribution in [3.05, 3.63) is 70.5 Å². The molecular formula is C18H18S2. The van der Waals surface area contributed by atoms with E-state index in [2.05, 4.69) is 67.6 Å². The third-order valence-corrected chi connectivity index (χ3v) is 5.81. The lowest BCUT2D eigenvalue weighted by molar-refractivity contribution is 0.633. The zero-order valence-corrected chi connectivity index (χ0v) is 13.2. The van der Waals surface area contributed by atoms with Crippen LogP contribution in [-0.2, 0) is 0 Å². The first kappa shape index (κ1) is 13.8. The maximum atomic E-state index is 2.35. The molecule has 2 heteroatoms. The predicted molar refractivity (Wildman–Crippen MR) is 90.0 cm³/mol. The molecule has 0 heterocycles. The highest BCUT2D eigenvalue weighted by Crippen LogP contribution is 2.47. The van der Waals surface area contributed by atoms with E-state index in [9.17, 15) is 0 Å². The summed E-state index contributed by atoms with van der Waals surface area (Å²) < 4.78 is 0. The van der Waals surface area contributed by atoms with Crippen molar-refractivity contribution in [3.8, 4) is 0 Å². The van der Waals surface area contributed by atoms with Crippen LogP contribution in [0.4, 0.5) is 0 Å². The van der Waals surface area contributed by atoms with E-state index < -0.39 is 0 Å². The Morgan fingerprint density at radius 2 is 1.10 bits per heavy atom. The quantitative estimate of drug-likeness (QED) is 0.658. The van der Waals surface area contributed by atoms with Crippen molar-refractivity contribution < 1.29 is 0 Å². The Morgan fingerprint density at radius 3 is 1.50 bits per heavy atom. The van der Waals surface area contributed by atoms with Gasteiger partial charge in [0, 0.05) is 9.79 Å². The van der Waals surface area contributed by atoms with E-state index in [1.807, 2.05) is 23.5 Å². The molecule has 2 aromatic rings. The van der Waals surface area contributed by atoms with Crippen molar-refractivity contribution in [1.29, 1.82) is 0 Å². The molecule has 0 nitrogen and oxygen atoms in total. The highest BCUT2D eigenvalue weighted by molar-refractivity contribution is 8.06. The van der Waals surface area contributed by atoms with Gasteiger partial charge in [-0.05, 0) is 52.8 Å². The Kier molecular flexibility index (Phi) is 4.54. The molecule has 1 aliphatic carbocycles. The highest BCUT2D eigenvalue weighted by atomic mass is 32.2. The summed E-state index contributed by atoms with van der Waals surface area (Å²) >= 11 is 3.88. The Hall–Kier alpha value is -1.12. The zero-order chi connectivity index (χ0) is 13.8. The molecule has 0 N–H and O–H groups in total. The summed E-state index contributed by atoms with van der Waals surface area (Å²) in [6.07, 6.45) is 2.43. The molecule has 0 bridgehead atoms. The minimum absolute atomic E-state index is 0.771. The van der Waals surface area contributed by atoms with Gasteiger partial charge in [0.1, 0.15) is 0 Å². The lowest BCUT2D eigenvalue weighted by Crippen LogP contribution is -1.84. The van der Waals surface area contributed by atoms with Crippen LogP contribution in [0, 0.1) is 5.92 Å². The predicted octanol–water partition coefficient (Wildman–Crippen LogP) is 6.21. The molecule has 0 saturated heterocycles. The molecule has 0 radical (unpaired) electrons.